The molecule has 28 heavy (non-hydrogen) atoms. The zero-order chi connectivity index (χ0) is 20.0. The molecule has 0 bridgehead atoms. The summed E-state index contributed by atoms with van der Waals surface area (Å²) in [6, 6.07) is 5.87. The number of aromatic nitrogens is 4. The molecule has 2 N–H and O–H groups in total. The van der Waals surface area contributed by atoms with Gasteiger partial charge in [-0.05, 0) is 56.0 Å². The molecule has 0 unspecified atom stereocenters. The highest BCUT2D eigenvalue weighted by atomic mass is 16.3. The lowest BCUT2D eigenvalue weighted by atomic mass is 9.91. The lowest BCUT2D eigenvalue weighted by molar-refractivity contribution is 0.471. The number of H-pyrrole nitrogens is 1. The van der Waals surface area contributed by atoms with E-state index in [1.165, 1.54) is 0 Å². The normalized spacial score (nSPS) is 11.0. The Morgan fingerprint density at radius 3 is 2.36 bits per heavy atom. The van der Waals surface area contributed by atoms with Gasteiger partial charge < -0.3 is 10.1 Å². The molecular formula is C22H19N5O. The predicted molar refractivity (Wildman–Crippen MR) is 108 cm³/mol. The minimum atomic E-state index is 0.202. The van der Waals surface area contributed by atoms with Gasteiger partial charge in [-0.3, -0.25) is 0 Å². The average Bonchev–Trinajstić information content (AvgIpc) is 3.02. The number of nitrogens with one attached hydrogen (secondary N) is 1. The molecule has 138 valence electrons. The summed E-state index contributed by atoms with van der Waals surface area (Å²) in [6.07, 6.45) is 5.22. The highest BCUT2D eigenvalue weighted by molar-refractivity contribution is 5.97. The fourth-order valence-electron chi connectivity index (χ4n) is 3.67. The van der Waals surface area contributed by atoms with Gasteiger partial charge in [0.2, 0.25) is 0 Å². The first-order chi connectivity index (χ1) is 13.4. The molecule has 1 aromatic carbocycles. The molecule has 0 atom stereocenters. The second-order valence-corrected chi connectivity index (χ2v) is 6.93. The number of phenols is 1. The van der Waals surface area contributed by atoms with Gasteiger partial charge >= 0.3 is 0 Å². The first-order valence-corrected chi connectivity index (χ1v) is 8.92. The van der Waals surface area contributed by atoms with Crippen molar-refractivity contribution in [3.63, 3.8) is 0 Å². The van der Waals surface area contributed by atoms with Gasteiger partial charge in [0.05, 0.1) is 11.3 Å². The van der Waals surface area contributed by atoms with Crippen LogP contribution in [0.4, 0.5) is 0 Å². The molecule has 0 aliphatic heterocycles. The van der Waals surface area contributed by atoms with Crippen molar-refractivity contribution in [2.24, 2.45) is 0 Å². The molecule has 6 nitrogen and oxygen atoms in total. The van der Waals surface area contributed by atoms with Crippen LogP contribution in [-0.2, 0) is 0 Å². The van der Waals surface area contributed by atoms with Crippen molar-refractivity contribution in [3.05, 3.63) is 58.8 Å². The number of pyridine rings is 1. The zero-order valence-corrected chi connectivity index (χ0v) is 16.1. The van der Waals surface area contributed by atoms with E-state index in [1.54, 1.807) is 24.7 Å². The molecule has 0 amide bonds. The van der Waals surface area contributed by atoms with Crippen LogP contribution >= 0.6 is 0 Å². The molecule has 3 heterocycles. The van der Waals surface area contributed by atoms with E-state index in [2.05, 4.69) is 26.0 Å². The molecule has 0 radical (unpaired) electrons. The second-order valence-electron chi connectivity index (χ2n) is 6.93. The van der Waals surface area contributed by atoms with Crippen LogP contribution in [-0.4, -0.2) is 25.0 Å². The van der Waals surface area contributed by atoms with E-state index in [0.29, 0.717) is 17.0 Å². The summed E-state index contributed by atoms with van der Waals surface area (Å²) in [5.41, 5.74) is 7.06. The average molecular weight is 369 g/mol. The van der Waals surface area contributed by atoms with Gasteiger partial charge in [-0.1, -0.05) is 6.07 Å². The van der Waals surface area contributed by atoms with Crippen molar-refractivity contribution in [1.29, 1.82) is 5.26 Å². The third-order valence-electron chi connectivity index (χ3n) is 5.17. The largest absolute Gasteiger partial charge is 0.508 e. The van der Waals surface area contributed by atoms with E-state index in [4.69, 9.17) is 0 Å². The second kappa shape index (κ2) is 6.46. The van der Waals surface area contributed by atoms with Crippen LogP contribution in [0.5, 0.6) is 5.75 Å². The van der Waals surface area contributed by atoms with E-state index in [9.17, 15) is 10.4 Å². The van der Waals surface area contributed by atoms with E-state index in [-0.39, 0.29) is 5.75 Å². The molecule has 0 spiro atoms. The molecule has 0 aliphatic rings. The van der Waals surface area contributed by atoms with Gasteiger partial charge in [0.1, 0.15) is 23.3 Å². The van der Waals surface area contributed by atoms with Crippen molar-refractivity contribution in [2.45, 2.75) is 27.7 Å². The Balaban J connectivity index is 2.03. The number of benzene rings is 1. The number of aromatic hydroxyl groups is 1. The van der Waals surface area contributed by atoms with Gasteiger partial charge in [-0.2, -0.15) is 5.26 Å². The molecule has 0 saturated carbocycles. The number of aryl methyl sites for hydroxylation is 3. The smallest absolute Gasteiger partial charge is 0.139 e. The summed E-state index contributed by atoms with van der Waals surface area (Å²) in [7, 11) is 0. The number of nitrogens with zero attached hydrogens (tertiary/aromatic N) is 4. The number of rotatable bonds is 2. The van der Waals surface area contributed by atoms with Crippen LogP contribution in [0.15, 0.2) is 30.7 Å². The minimum Gasteiger partial charge on any atom is -0.508 e. The summed E-state index contributed by atoms with van der Waals surface area (Å²) in [5, 5.41) is 20.9. The maximum atomic E-state index is 10.2. The van der Waals surface area contributed by atoms with Crippen molar-refractivity contribution in [1.82, 2.24) is 19.9 Å². The molecular weight excluding hydrogens is 350 g/mol. The topological polar surface area (TPSA) is 98.5 Å². The minimum absolute atomic E-state index is 0.202. The fraction of sp³-hybridized carbons (Fsp3) is 0.182. The standard InChI is InChI=1S/C22H19N5O/c1-11-5-6-18(28)12(2)19(11)17-10-26-22-20(16(17)7-23)13(3)21(27-22)15-8-24-14(4)25-9-15/h5-6,8-10,28H,1-4H3,(H,26,27). The summed E-state index contributed by atoms with van der Waals surface area (Å²) in [5.74, 6) is 0.901. The van der Waals surface area contributed by atoms with E-state index < -0.39 is 0 Å². The number of phenolic OH excluding ortho intramolecular Hbond substituents is 1. The fourth-order valence-corrected chi connectivity index (χ4v) is 3.67. The molecule has 4 aromatic rings. The number of fused-ring (bicyclic) bond motifs is 1. The molecule has 0 fully saturated rings. The Bertz CT molecular complexity index is 1260. The van der Waals surface area contributed by atoms with Crippen LogP contribution in [0.3, 0.4) is 0 Å². The number of nitriles is 1. The van der Waals surface area contributed by atoms with E-state index in [1.807, 2.05) is 33.8 Å². The lowest BCUT2D eigenvalue weighted by Gasteiger charge is -2.13. The SMILES string of the molecule is Cc1ncc(-c2[nH]c3ncc(-c4c(C)ccc(O)c4C)c(C#N)c3c2C)cn1. The van der Waals surface area contributed by atoms with Crippen LogP contribution in [0, 0.1) is 39.0 Å². The van der Waals surface area contributed by atoms with Gasteiger partial charge in [0.15, 0.2) is 0 Å². The first-order valence-electron chi connectivity index (χ1n) is 8.92. The molecule has 3 aromatic heterocycles. The van der Waals surface area contributed by atoms with Gasteiger partial charge in [0.25, 0.3) is 0 Å². The van der Waals surface area contributed by atoms with Crippen LogP contribution in [0.25, 0.3) is 33.4 Å². The summed E-state index contributed by atoms with van der Waals surface area (Å²) < 4.78 is 0. The summed E-state index contributed by atoms with van der Waals surface area (Å²) in [6.45, 7) is 7.61. The predicted octanol–water partition coefficient (Wildman–Crippen LogP) is 4.50. The highest BCUT2D eigenvalue weighted by Gasteiger charge is 2.20. The van der Waals surface area contributed by atoms with Crippen LogP contribution in [0.2, 0.25) is 0 Å². The van der Waals surface area contributed by atoms with Crippen molar-refractivity contribution >= 4 is 11.0 Å². The summed E-state index contributed by atoms with van der Waals surface area (Å²) >= 11 is 0. The maximum Gasteiger partial charge on any atom is 0.139 e. The van der Waals surface area contributed by atoms with Crippen LogP contribution in [0.1, 0.15) is 28.1 Å². The van der Waals surface area contributed by atoms with Crippen molar-refractivity contribution < 1.29 is 5.11 Å². The molecule has 6 heteroatoms. The quantitative estimate of drug-likeness (QED) is 0.542. The Labute approximate surface area is 162 Å². The Kier molecular flexibility index (Phi) is 4.08. The third-order valence-corrected chi connectivity index (χ3v) is 5.17. The van der Waals surface area contributed by atoms with Gasteiger partial charge in [-0.25, -0.2) is 15.0 Å². The first kappa shape index (κ1) is 17.7. The maximum absolute atomic E-state index is 10.2. The number of aromatic amines is 1. The van der Waals surface area contributed by atoms with Crippen molar-refractivity contribution in [2.75, 3.05) is 0 Å². The highest BCUT2D eigenvalue weighted by Crippen LogP contribution is 2.38. The Hall–Kier alpha value is -3.72. The third kappa shape index (κ3) is 2.60. The van der Waals surface area contributed by atoms with Gasteiger partial charge in [-0.15, -0.1) is 0 Å². The molecule has 0 saturated heterocycles. The molecule has 0 aliphatic carbocycles. The van der Waals surface area contributed by atoms with E-state index >= 15 is 0 Å². The monoisotopic (exact) mass is 369 g/mol. The zero-order valence-electron chi connectivity index (χ0n) is 16.1. The summed E-state index contributed by atoms with van der Waals surface area (Å²) in [4.78, 5) is 16.4. The number of hydrogen-bond donors (Lipinski definition) is 2. The number of hydrogen-bond acceptors (Lipinski definition) is 5. The Morgan fingerprint density at radius 1 is 0.964 bits per heavy atom. The van der Waals surface area contributed by atoms with E-state index in [0.717, 1.165) is 44.5 Å². The van der Waals surface area contributed by atoms with Gasteiger partial charge in [0, 0.05) is 35.1 Å². The van der Waals surface area contributed by atoms with Crippen molar-refractivity contribution in [3.8, 4) is 34.2 Å². The lowest BCUT2D eigenvalue weighted by Crippen LogP contribution is -1.95. The molecule has 4 rings (SSSR count). The Morgan fingerprint density at radius 2 is 1.68 bits per heavy atom. The van der Waals surface area contributed by atoms with Crippen LogP contribution < -0.4 is 0 Å².